The monoisotopic (exact) mass is 139 g/mol. The van der Waals surface area contributed by atoms with Crippen molar-refractivity contribution < 1.29 is 12.7 Å². The summed E-state index contributed by atoms with van der Waals surface area (Å²) < 4.78 is 24.3. The van der Waals surface area contributed by atoms with Crippen LogP contribution in [0, 0.1) is 0 Å². The third-order valence-electron chi connectivity index (χ3n) is 0.355. The topological polar surface area (TPSA) is 55.4 Å². The Morgan fingerprint density at radius 3 is 2.25 bits per heavy atom. The zero-order valence-electron chi connectivity index (χ0n) is 4.84. The van der Waals surface area contributed by atoms with Crippen LogP contribution in [0.5, 0.6) is 0 Å². The Morgan fingerprint density at radius 1 is 1.62 bits per heavy atom. The Bertz CT molecular complexity index is 139. The third-order valence-corrected chi connectivity index (χ3v) is 0.775. The van der Waals surface area contributed by atoms with Crippen LogP contribution in [0.2, 0.25) is 0 Å². The van der Waals surface area contributed by atoms with Gasteiger partial charge >= 0.3 is 0 Å². The second-order valence-electron chi connectivity index (χ2n) is 1.29. The molecule has 5 heteroatoms. The summed E-state index contributed by atoms with van der Waals surface area (Å²) in [5, 5.41) is 0. The van der Waals surface area contributed by atoms with Crippen molar-refractivity contribution in [3.63, 3.8) is 0 Å². The highest BCUT2D eigenvalue weighted by molar-refractivity contribution is 7.85. The standard InChI is InChI=1S/C3H9NO3S/c1-3-4-7-8(2,5)6/h4H,3H2,1-2H3. The molecule has 0 atom stereocenters. The van der Waals surface area contributed by atoms with Crippen molar-refractivity contribution in [2.45, 2.75) is 6.92 Å². The molecule has 0 amide bonds. The minimum absolute atomic E-state index is 0.479. The Morgan fingerprint density at radius 2 is 2.12 bits per heavy atom. The number of hydrogen-bond donors (Lipinski definition) is 1. The molecule has 1 N–H and O–H groups in total. The molecule has 0 aliphatic carbocycles. The molecule has 50 valence electrons. The third kappa shape index (κ3) is 5.87. The second-order valence-corrected chi connectivity index (χ2v) is 2.86. The molecule has 0 aromatic heterocycles. The normalized spacial score (nSPS) is 11.8. The van der Waals surface area contributed by atoms with Crippen LogP contribution in [0.25, 0.3) is 0 Å². The lowest BCUT2D eigenvalue weighted by Gasteiger charge is -1.96. The van der Waals surface area contributed by atoms with Gasteiger partial charge in [-0.2, -0.15) is 18.2 Å². The highest BCUT2D eigenvalue weighted by Crippen LogP contribution is 1.77. The van der Waals surface area contributed by atoms with E-state index in [2.05, 4.69) is 9.76 Å². The lowest BCUT2D eigenvalue weighted by Crippen LogP contribution is -2.18. The zero-order chi connectivity index (χ0) is 6.62. The van der Waals surface area contributed by atoms with E-state index in [-0.39, 0.29) is 0 Å². The van der Waals surface area contributed by atoms with Crippen molar-refractivity contribution in [3.8, 4) is 0 Å². The number of hydroxylamine groups is 1. The van der Waals surface area contributed by atoms with E-state index in [0.717, 1.165) is 6.26 Å². The van der Waals surface area contributed by atoms with Gasteiger partial charge in [0.2, 0.25) is 0 Å². The molecule has 0 spiro atoms. The van der Waals surface area contributed by atoms with Crippen molar-refractivity contribution in [1.82, 2.24) is 5.48 Å². The van der Waals surface area contributed by atoms with Gasteiger partial charge in [-0.15, -0.1) is 0 Å². The van der Waals surface area contributed by atoms with Gasteiger partial charge < -0.3 is 0 Å². The number of rotatable bonds is 3. The average Bonchev–Trinajstić information content (AvgIpc) is 1.59. The van der Waals surface area contributed by atoms with E-state index in [1.807, 2.05) is 0 Å². The Labute approximate surface area is 48.9 Å². The molecule has 0 heterocycles. The van der Waals surface area contributed by atoms with Gasteiger partial charge in [0, 0.05) is 6.54 Å². The van der Waals surface area contributed by atoms with Crippen LogP contribution < -0.4 is 5.48 Å². The van der Waals surface area contributed by atoms with Gasteiger partial charge in [0.1, 0.15) is 0 Å². The first kappa shape index (κ1) is 7.87. The molecule has 0 fully saturated rings. The number of hydrogen-bond acceptors (Lipinski definition) is 4. The Hall–Kier alpha value is -0.130. The van der Waals surface area contributed by atoms with Gasteiger partial charge in [-0.3, -0.25) is 0 Å². The van der Waals surface area contributed by atoms with Crippen molar-refractivity contribution >= 4 is 10.1 Å². The maximum Gasteiger partial charge on any atom is 0.280 e. The molecule has 0 aromatic carbocycles. The first-order valence-electron chi connectivity index (χ1n) is 2.17. The minimum atomic E-state index is -3.30. The van der Waals surface area contributed by atoms with Crippen LogP contribution in [-0.2, 0) is 14.4 Å². The minimum Gasteiger partial charge on any atom is -0.198 e. The molecule has 0 aromatic rings. The molecule has 0 unspecified atom stereocenters. The highest BCUT2D eigenvalue weighted by Gasteiger charge is 1.96. The van der Waals surface area contributed by atoms with Crippen molar-refractivity contribution in [2.75, 3.05) is 12.8 Å². The highest BCUT2D eigenvalue weighted by atomic mass is 32.2. The van der Waals surface area contributed by atoms with E-state index >= 15 is 0 Å². The van der Waals surface area contributed by atoms with Crippen LogP contribution in [-0.4, -0.2) is 21.2 Å². The van der Waals surface area contributed by atoms with Crippen molar-refractivity contribution in [2.24, 2.45) is 0 Å². The van der Waals surface area contributed by atoms with Crippen molar-refractivity contribution in [1.29, 1.82) is 0 Å². The Kier molecular flexibility index (Phi) is 2.96. The predicted octanol–water partition coefficient (Wildman–Crippen LogP) is -0.513. The van der Waals surface area contributed by atoms with Gasteiger partial charge in [-0.25, -0.2) is 0 Å². The average molecular weight is 139 g/mol. The lowest BCUT2D eigenvalue weighted by molar-refractivity contribution is 0.213. The smallest absolute Gasteiger partial charge is 0.198 e. The maximum absolute atomic E-state index is 10.1. The SMILES string of the molecule is CCNOS(C)(=O)=O. The molecule has 0 radical (unpaired) electrons. The van der Waals surface area contributed by atoms with E-state index in [4.69, 9.17) is 0 Å². The van der Waals surface area contributed by atoms with E-state index in [1.54, 1.807) is 6.92 Å². The molecule has 0 saturated heterocycles. The summed E-state index contributed by atoms with van der Waals surface area (Å²) in [6.45, 7) is 2.22. The summed E-state index contributed by atoms with van der Waals surface area (Å²) in [6.07, 6.45) is 0.982. The first-order valence-corrected chi connectivity index (χ1v) is 3.99. The summed E-state index contributed by atoms with van der Waals surface area (Å²) >= 11 is 0. The fourth-order valence-electron chi connectivity index (χ4n) is 0.166. The molecule has 0 aliphatic rings. The first-order chi connectivity index (χ1) is 3.56. The van der Waals surface area contributed by atoms with Crippen LogP contribution in [0.15, 0.2) is 0 Å². The summed E-state index contributed by atoms with van der Waals surface area (Å²) in [5.41, 5.74) is 2.20. The molecule has 0 bridgehead atoms. The molecule has 0 rings (SSSR count). The lowest BCUT2D eigenvalue weighted by atomic mass is 10.8. The molecule has 4 nitrogen and oxygen atoms in total. The molecular weight excluding hydrogens is 130 g/mol. The summed E-state index contributed by atoms with van der Waals surface area (Å²) in [5.74, 6) is 0. The number of nitrogens with one attached hydrogen (secondary N) is 1. The molecular formula is C3H9NO3S. The van der Waals surface area contributed by atoms with Crippen LogP contribution in [0.1, 0.15) is 6.92 Å². The molecule has 0 aliphatic heterocycles. The van der Waals surface area contributed by atoms with Gasteiger partial charge in [0.15, 0.2) is 0 Å². The Balaban J connectivity index is 3.42. The van der Waals surface area contributed by atoms with Crippen LogP contribution in [0.3, 0.4) is 0 Å². The van der Waals surface area contributed by atoms with Gasteiger partial charge in [-0.05, 0) is 0 Å². The van der Waals surface area contributed by atoms with Crippen LogP contribution >= 0.6 is 0 Å². The van der Waals surface area contributed by atoms with Gasteiger partial charge in [0.05, 0.1) is 6.26 Å². The predicted molar refractivity (Wildman–Crippen MR) is 29.6 cm³/mol. The quantitative estimate of drug-likeness (QED) is 0.535. The van der Waals surface area contributed by atoms with Crippen LogP contribution in [0.4, 0.5) is 0 Å². The maximum atomic E-state index is 10.1. The van der Waals surface area contributed by atoms with E-state index < -0.39 is 10.1 Å². The summed E-state index contributed by atoms with van der Waals surface area (Å²) in [6, 6.07) is 0. The van der Waals surface area contributed by atoms with E-state index in [9.17, 15) is 8.42 Å². The zero-order valence-corrected chi connectivity index (χ0v) is 5.66. The fraction of sp³-hybridized carbons (Fsp3) is 1.00. The molecule has 8 heavy (non-hydrogen) atoms. The summed E-state index contributed by atoms with van der Waals surface area (Å²) in [4.78, 5) is 0. The summed E-state index contributed by atoms with van der Waals surface area (Å²) in [7, 11) is -3.30. The van der Waals surface area contributed by atoms with Crippen molar-refractivity contribution in [3.05, 3.63) is 0 Å². The van der Waals surface area contributed by atoms with Gasteiger partial charge in [-0.1, -0.05) is 6.92 Å². The second kappa shape index (κ2) is 3.01. The molecule has 0 saturated carbocycles. The van der Waals surface area contributed by atoms with E-state index in [1.165, 1.54) is 0 Å². The fourth-order valence-corrected chi connectivity index (χ4v) is 0.498. The van der Waals surface area contributed by atoms with Gasteiger partial charge in [0.25, 0.3) is 10.1 Å². The van der Waals surface area contributed by atoms with E-state index in [0.29, 0.717) is 6.54 Å². The largest absolute Gasteiger partial charge is 0.280 e.